The molecule has 0 radical (unpaired) electrons. The van der Waals surface area contributed by atoms with E-state index in [2.05, 4.69) is 31.2 Å². The van der Waals surface area contributed by atoms with Gasteiger partial charge >= 0.3 is 0 Å². The fourth-order valence-electron chi connectivity index (χ4n) is 1.65. The van der Waals surface area contributed by atoms with Crippen molar-refractivity contribution in [2.45, 2.75) is 19.5 Å². The van der Waals surface area contributed by atoms with Crippen LogP contribution in [0.1, 0.15) is 18.1 Å². The summed E-state index contributed by atoms with van der Waals surface area (Å²) < 4.78 is 0. The van der Waals surface area contributed by atoms with Crippen molar-refractivity contribution in [2.24, 2.45) is 5.73 Å². The molecule has 1 rings (SSSR count). The van der Waals surface area contributed by atoms with E-state index in [1.54, 1.807) is 0 Å². The normalized spacial score (nSPS) is 12.7. The predicted octanol–water partition coefficient (Wildman–Crippen LogP) is 2.15. The van der Waals surface area contributed by atoms with Crippen LogP contribution in [-0.4, -0.2) is 35.8 Å². The molecule has 0 bridgehead atoms. The first kappa shape index (κ1) is 14.1. The maximum Gasteiger partial charge on any atom is 0.122 e. The summed E-state index contributed by atoms with van der Waals surface area (Å²) in [5.74, 6) is 1.26. The standard InChI is InChI=1S/C13H21N3S/c1-10(9-17-3)16(2)8-11-5-4-6-12(7-11)13(14)15/h4-7,10H,8-9H2,1-3H3,(H3,14,15). The third kappa shape index (κ3) is 4.40. The van der Waals surface area contributed by atoms with Crippen LogP contribution in [0.2, 0.25) is 0 Å². The van der Waals surface area contributed by atoms with E-state index in [4.69, 9.17) is 11.1 Å². The lowest BCUT2D eigenvalue weighted by atomic mass is 10.1. The topological polar surface area (TPSA) is 53.1 Å². The highest BCUT2D eigenvalue weighted by molar-refractivity contribution is 7.98. The number of amidine groups is 1. The molecule has 0 aliphatic heterocycles. The van der Waals surface area contributed by atoms with E-state index in [0.29, 0.717) is 6.04 Å². The fraction of sp³-hybridized carbons (Fsp3) is 0.462. The molecule has 4 heteroatoms. The Morgan fingerprint density at radius 3 is 2.82 bits per heavy atom. The number of nitrogen functional groups attached to an aromatic ring is 1. The lowest BCUT2D eigenvalue weighted by molar-refractivity contribution is 0.270. The first-order chi connectivity index (χ1) is 8.04. The minimum atomic E-state index is 0.131. The first-order valence-electron chi connectivity index (χ1n) is 5.67. The highest BCUT2D eigenvalue weighted by Crippen LogP contribution is 2.11. The largest absolute Gasteiger partial charge is 0.384 e. The lowest BCUT2D eigenvalue weighted by Gasteiger charge is -2.24. The first-order valence-corrected chi connectivity index (χ1v) is 7.06. The number of nitrogens with two attached hydrogens (primary N) is 1. The van der Waals surface area contributed by atoms with Crippen LogP contribution in [-0.2, 0) is 6.54 Å². The number of nitrogens with zero attached hydrogens (tertiary/aromatic N) is 1. The van der Waals surface area contributed by atoms with Crippen molar-refractivity contribution in [1.29, 1.82) is 5.41 Å². The molecule has 3 N–H and O–H groups in total. The Labute approximate surface area is 108 Å². The molecule has 1 unspecified atom stereocenters. The molecule has 0 aliphatic rings. The molecule has 0 aromatic heterocycles. The van der Waals surface area contributed by atoms with Gasteiger partial charge in [-0.1, -0.05) is 18.2 Å². The molecule has 0 fully saturated rings. The van der Waals surface area contributed by atoms with Crippen molar-refractivity contribution in [2.75, 3.05) is 19.1 Å². The van der Waals surface area contributed by atoms with E-state index in [1.807, 2.05) is 30.0 Å². The van der Waals surface area contributed by atoms with Gasteiger partial charge in [0.05, 0.1) is 0 Å². The molecule has 0 saturated heterocycles. The summed E-state index contributed by atoms with van der Waals surface area (Å²) in [5, 5.41) is 7.43. The molecule has 0 heterocycles. The van der Waals surface area contributed by atoms with Crippen molar-refractivity contribution >= 4 is 17.6 Å². The summed E-state index contributed by atoms with van der Waals surface area (Å²) >= 11 is 1.86. The zero-order valence-electron chi connectivity index (χ0n) is 10.7. The SMILES string of the molecule is CSCC(C)N(C)Cc1cccc(C(=N)N)c1. The maximum absolute atomic E-state index is 7.43. The van der Waals surface area contributed by atoms with Crippen LogP contribution in [0.15, 0.2) is 24.3 Å². The third-order valence-electron chi connectivity index (χ3n) is 2.83. The smallest absolute Gasteiger partial charge is 0.122 e. The van der Waals surface area contributed by atoms with Gasteiger partial charge in [0, 0.05) is 23.9 Å². The maximum atomic E-state index is 7.43. The number of hydrogen-bond donors (Lipinski definition) is 2. The Kier molecular flexibility index (Phi) is 5.51. The second-order valence-corrected chi connectivity index (χ2v) is 5.24. The van der Waals surface area contributed by atoms with E-state index in [1.165, 1.54) is 5.56 Å². The van der Waals surface area contributed by atoms with E-state index in [0.717, 1.165) is 17.9 Å². The van der Waals surface area contributed by atoms with Crippen molar-refractivity contribution < 1.29 is 0 Å². The van der Waals surface area contributed by atoms with Crippen LogP contribution in [0.3, 0.4) is 0 Å². The van der Waals surface area contributed by atoms with Crippen LogP contribution in [0.4, 0.5) is 0 Å². The van der Waals surface area contributed by atoms with Crippen LogP contribution in [0.5, 0.6) is 0 Å². The number of rotatable bonds is 6. The second kappa shape index (κ2) is 6.67. The molecule has 1 aromatic carbocycles. The zero-order valence-corrected chi connectivity index (χ0v) is 11.6. The van der Waals surface area contributed by atoms with Crippen LogP contribution >= 0.6 is 11.8 Å². The summed E-state index contributed by atoms with van der Waals surface area (Å²) in [7, 11) is 2.13. The lowest BCUT2D eigenvalue weighted by Crippen LogP contribution is -2.30. The molecule has 0 spiro atoms. The Bertz CT molecular complexity index is 379. The molecule has 94 valence electrons. The Hall–Kier alpha value is -1.00. The van der Waals surface area contributed by atoms with Gasteiger partial charge in [-0.25, -0.2) is 0 Å². The Balaban J connectivity index is 2.68. The molecule has 17 heavy (non-hydrogen) atoms. The molecule has 0 aliphatic carbocycles. The fourth-order valence-corrected chi connectivity index (χ4v) is 2.39. The van der Waals surface area contributed by atoms with E-state index in [-0.39, 0.29) is 5.84 Å². The number of hydrogen-bond acceptors (Lipinski definition) is 3. The average molecular weight is 251 g/mol. The molecule has 1 atom stereocenters. The van der Waals surface area contributed by atoms with Crippen molar-refractivity contribution in [1.82, 2.24) is 4.90 Å². The number of thioether (sulfide) groups is 1. The van der Waals surface area contributed by atoms with Crippen molar-refractivity contribution in [3.63, 3.8) is 0 Å². The number of benzene rings is 1. The van der Waals surface area contributed by atoms with E-state index < -0.39 is 0 Å². The van der Waals surface area contributed by atoms with Gasteiger partial charge in [-0.15, -0.1) is 0 Å². The zero-order chi connectivity index (χ0) is 12.8. The molecule has 0 amide bonds. The van der Waals surface area contributed by atoms with Gasteiger partial charge in [0.15, 0.2) is 0 Å². The van der Waals surface area contributed by atoms with Gasteiger partial charge in [0.25, 0.3) is 0 Å². The average Bonchev–Trinajstić information content (AvgIpc) is 2.29. The minimum Gasteiger partial charge on any atom is -0.384 e. The van der Waals surface area contributed by atoms with Gasteiger partial charge in [-0.05, 0) is 31.9 Å². The van der Waals surface area contributed by atoms with Crippen molar-refractivity contribution in [3.8, 4) is 0 Å². The highest BCUT2D eigenvalue weighted by Gasteiger charge is 2.09. The Morgan fingerprint density at radius 1 is 1.53 bits per heavy atom. The summed E-state index contributed by atoms with van der Waals surface area (Å²) in [5.41, 5.74) is 7.49. The van der Waals surface area contributed by atoms with E-state index >= 15 is 0 Å². The molecule has 1 aromatic rings. The van der Waals surface area contributed by atoms with Crippen LogP contribution in [0, 0.1) is 5.41 Å². The quantitative estimate of drug-likeness (QED) is 0.602. The number of nitrogens with one attached hydrogen (secondary N) is 1. The second-order valence-electron chi connectivity index (χ2n) is 4.33. The van der Waals surface area contributed by atoms with Crippen LogP contribution in [0.25, 0.3) is 0 Å². The summed E-state index contributed by atoms with van der Waals surface area (Å²) in [6.45, 7) is 3.12. The summed E-state index contributed by atoms with van der Waals surface area (Å²) in [6.07, 6.45) is 2.13. The van der Waals surface area contributed by atoms with Crippen molar-refractivity contribution in [3.05, 3.63) is 35.4 Å². The van der Waals surface area contributed by atoms with Gasteiger partial charge in [-0.2, -0.15) is 11.8 Å². The van der Waals surface area contributed by atoms with Gasteiger partial charge in [-0.3, -0.25) is 10.3 Å². The Morgan fingerprint density at radius 2 is 2.24 bits per heavy atom. The molecular formula is C13H21N3S. The molecule has 0 saturated carbocycles. The monoisotopic (exact) mass is 251 g/mol. The molecule has 3 nitrogen and oxygen atoms in total. The van der Waals surface area contributed by atoms with Gasteiger partial charge in [0.1, 0.15) is 5.84 Å². The summed E-state index contributed by atoms with van der Waals surface area (Å²) in [4.78, 5) is 2.32. The highest BCUT2D eigenvalue weighted by atomic mass is 32.2. The third-order valence-corrected chi connectivity index (χ3v) is 3.65. The molecular weight excluding hydrogens is 230 g/mol. The predicted molar refractivity (Wildman–Crippen MR) is 76.8 cm³/mol. The van der Waals surface area contributed by atoms with E-state index in [9.17, 15) is 0 Å². The minimum absolute atomic E-state index is 0.131. The van der Waals surface area contributed by atoms with Crippen LogP contribution < -0.4 is 5.73 Å². The van der Waals surface area contributed by atoms with Gasteiger partial charge in [0.2, 0.25) is 0 Å². The summed E-state index contributed by atoms with van der Waals surface area (Å²) in [6, 6.07) is 8.45. The van der Waals surface area contributed by atoms with Gasteiger partial charge < -0.3 is 5.73 Å².